The minimum absolute atomic E-state index is 0.0282. The molecule has 1 atom stereocenters. The first-order valence-electron chi connectivity index (χ1n) is 6.57. The van der Waals surface area contributed by atoms with Gasteiger partial charge in [0, 0.05) is 19.2 Å². The predicted molar refractivity (Wildman–Crippen MR) is 76.1 cm³/mol. The van der Waals surface area contributed by atoms with Crippen LogP contribution in [0.25, 0.3) is 11.0 Å². The smallest absolute Gasteiger partial charge is 0.110 e. The standard InChI is InChI=1S/C14H21N3O2/c1-3-4-14-16-12-7-10(15)5-6-13(12)17(14)11(8-18)9-19-2/h5-7,11,18H,3-4,8-9,15H2,1-2H3. The van der Waals surface area contributed by atoms with Crippen LogP contribution in [0, 0.1) is 0 Å². The number of methoxy groups -OCH3 is 1. The van der Waals surface area contributed by atoms with Crippen molar-refractivity contribution in [1.29, 1.82) is 0 Å². The van der Waals surface area contributed by atoms with Crippen LogP contribution in [0.1, 0.15) is 25.2 Å². The van der Waals surface area contributed by atoms with E-state index in [4.69, 9.17) is 10.5 Å². The number of imidazole rings is 1. The lowest BCUT2D eigenvalue weighted by Gasteiger charge is -2.18. The molecule has 0 bridgehead atoms. The molecule has 0 aliphatic heterocycles. The van der Waals surface area contributed by atoms with Crippen LogP contribution in [0.15, 0.2) is 18.2 Å². The van der Waals surface area contributed by atoms with Gasteiger partial charge in [0.15, 0.2) is 0 Å². The SMILES string of the molecule is CCCc1nc2cc(N)ccc2n1C(CO)COC. The van der Waals surface area contributed by atoms with Gasteiger partial charge in [0.2, 0.25) is 0 Å². The highest BCUT2D eigenvalue weighted by atomic mass is 16.5. The Labute approximate surface area is 113 Å². The van der Waals surface area contributed by atoms with Crippen molar-refractivity contribution < 1.29 is 9.84 Å². The Kier molecular flexibility index (Phi) is 4.39. The van der Waals surface area contributed by atoms with E-state index in [1.165, 1.54) is 0 Å². The number of aromatic nitrogens is 2. The van der Waals surface area contributed by atoms with Crippen LogP contribution < -0.4 is 5.73 Å². The first-order valence-corrected chi connectivity index (χ1v) is 6.57. The maximum Gasteiger partial charge on any atom is 0.110 e. The second-order valence-electron chi connectivity index (χ2n) is 4.69. The fourth-order valence-corrected chi connectivity index (χ4v) is 2.37. The van der Waals surface area contributed by atoms with Crippen LogP contribution in [-0.2, 0) is 11.2 Å². The molecule has 0 spiro atoms. The summed E-state index contributed by atoms with van der Waals surface area (Å²) in [6, 6.07) is 5.57. The lowest BCUT2D eigenvalue weighted by molar-refractivity contribution is 0.115. The number of hydrogen-bond donors (Lipinski definition) is 2. The van der Waals surface area contributed by atoms with E-state index in [2.05, 4.69) is 16.5 Å². The molecule has 0 aliphatic carbocycles. The summed E-state index contributed by atoms with van der Waals surface area (Å²) in [4.78, 5) is 4.63. The van der Waals surface area contributed by atoms with Crippen molar-refractivity contribution in [2.45, 2.75) is 25.8 Å². The molecule has 1 aromatic heterocycles. The lowest BCUT2D eigenvalue weighted by atomic mass is 10.2. The summed E-state index contributed by atoms with van der Waals surface area (Å²) < 4.78 is 7.26. The number of benzene rings is 1. The highest BCUT2D eigenvalue weighted by Crippen LogP contribution is 2.24. The molecule has 19 heavy (non-hydrogen) atoms. The number of nitrogen functional groups attached to an aromatic ring is 1. The highest BCUT2D eigenvalue weighted by molar-refractivity contribution is 5.79. The van der Waals surface area contributed by atoms with Gasteiger partial charge >= 0.3 is 0 Å². The minimum atomic E-state index is -0.111. The monoisotopic (exact) mass is 263 g/mol. The van der Waals surface area contributed by atoms with Crippen LogP contribution in [0.2, 0.25) is 0 Å². The second kappa shape index (κ2) is 6.04. The Morgan fingerprint density at radius 3 is 2.89 bits per heavy atom. The zero-order chi connectivity index (χ0) is 13.8. The average molecular weight is 263 g/mol. The lowest BCUT2D eigenvalue weighted by Crippen LogP contribution is -2.20. The third-order valence-electron chi connectivity index (χ3n) is 3.20. The number of anilines is 1. The number of ether oxygens (including phenoxy) is 1. The molecule has 104 valence electrons. The quantitative estimate of drug-likeness (QED) is 0.779. The van der Waals surface area contributed by atoms with Crippen molar-refractivity contribution >= 4 is 16.7 Å². The summed E-state index contributed by atoms with van der Waals surface area (Å²) in [5.74, 6) is 0.971. The molecule has 3 N–H and O–H groups in total. The Balaban J connectivity index is 2.56. The van der Waals surface area contributed by atoms with E-state index in [0.717, 1.165) is 29.7 Å². The number of hydrogen-bond acceptors (Lipinski definition) is 4. The largest absolute Gasteiger partial charge is 0.399 e. The number of rotatable bonds is 6. The van der Waals surface area contributed by atoms with Crippen molar-refractivity contribution in [3.05, 3.63) is 24.0 Å². The Morgan fingerprint density at radius 2 is 2.26 bits per heavy atom. The van der Waals surface area contributed by atoms with Gasteiger partial charge in [-0.05, 0) is 24.6 Å². The van der Waals surface area contributed by atoms with Crippen LogP contribution in [0.4, 0.5) is 5.69 Å². The molecular formula is C14H21N3O2. The molecular weight excluding hydrogens is 242 g/mol. The van der Waals surface area contributed by atoms with E-state index in [0.29, 0.717) is 12.3 Å². The van der Waals surface area contributed by atoms with Crippen molar-refractivity contribution in [3.8, 4) is 0 Å². The van der Waals surface area contributed by atoms with E-state index in [-0.39, 0.29) is 12.6 Å². The molecule has 0 saturated heterocycles. The van der Waals surface area contributed by atoms with E-state index >= 15 is 0 Å². The molecule has 5 heteroatoms. The topological polar surface area (TPSA) is 73.3 Å². The van der Waals surface area contributed by atoms with Gasteiger partial charge in [-0.2, -0.15) is 0 Å². The molecule has 0 radical (unpaired) electrons. The Hall–Kier alpha value is -1.59. The van der Waals surface area contributed by atoms with Crippen molar-refractivity contribution in [2.24, 2.45) is 0 Å². The van der Waals surface area contributed by atoms with Gasteiger partial charge in [-0.15, -0.1) is 0 Å². The summed E-state index contributed by atoms with van der Waals surface area (Å²) in [5.41, 5.74) is 8.37. The third kappa shape index (κ3) is 2.72. The second-order valence-corrected chi connectivity index (χ2v) is 4.69. The van der Waals surface area contributed by atoms with Crippen LogP contribution in [0.5, 0.6) is 0 Å². The maximum absolute atomic E-state index is 9.58. The average Bonchev–Trinajstić information content (AvgIpc) is 2.73. The molecule has 1 unspecified atom stereocenters. The van der Waals surface area contributed by atoms with Gasteiger partial charge in [0.05, 0.1) is 30.3 Å². The zero-order valence-corrected chi connectivity index (χ0v) is 11.5. The normalized spacial score (nSPS) is 13.0. The van der Waals surface area contributed by atoms with Crippen molar-refractivity contribution in [1.82, 2.24) is 9.55 Å². The number of nitrogens with zero attached hydrogens (tertiary/aromatic N) is 2. The first-order chi connectivity index (χ1) is 9.21. The zero-order valence-electron chi connectivity index (χ0n) is 11.5. The van der Waals surface area contributed by atoms with Crippen molar-refractivity contribution in [2.75, 3.05) is 26.1 Å². The predicted octanol–water partition coefficient (Wildman–Crippen LogP) is 1.75. The van der Waals surface area contributed by atoms with Crippen LogP contribution >= 0.6 is 0 Å². The number of aliphatic hydroxyl groups is 1. The van der Waals surface area contributed by atoms with Crippen LogP contribution in [-0.4, -0.2) is 35.0 Å². The first kappa shape index (κ1) is 13.8. The number of nitrogens with two attached hydrogens (primary N) is 1. The number of fused-ring (bicyclic) bond motifs is 1. The maximum atomic E-state index is 9.58. The van der Waals surface area contributed by atoms with E-state index in [9.17, 15) is 5.11 Å². The van der Waals surface area contributed by atoms with Gasteiger partial charge in [0.1, 0.15) is 5.82 Å². The van der Waals surface area contributed by atoms with Gasteiger partial charge in [-0.3, -0.25) is 0 Å². The summed E-state index contributed by atoms with van der Waals surface area (Å²) in [5, 5.41) is 9.58. The fourth-order valence-electron chi connectivity index (χ4n) is 2.37. The van der Waals surface area contributed by atoms with Gasteiger partial charge < -0.3 is 20.1 Å². The minimum Gasteiger partial charge on any atom is -0.399 e. The van der Waals surface area contributed by atoms with Crippen LogP contribution in [0.3, 0.4) is 0 Å². The fraction of sp³-hybridized carbons (Fsp3) is 0.500. The van der Waals surface area contributed by atoms with Gasteiger partial charge in [-0.25, -0.2) is 4.98 Å². The molecule has 0 aliphatic rings. The molecule has 5 nitrogen and oxygen atoms in total. The molecule has 0 fully saturated rings. The summed E-state index contributed by atoms with van der Waals surface area (Å²) >= 11 is 0. The van der Waals surface area contributed by atoms with E-state index in [1.807, 2.05) is 18.2 Å². The summed E-state index contributed by atoms with van der Waals surface area (Å²) in [7, 11) is 1.64. The third-order valence-corrected chi connectivity index (χ3v) is 3.20. The molecule has 2 aromatic rings. The Bertz CT molecular complexity index is 551. The van der Waals surface area contributed by atoms with Gasteiger partial charge in [-0.1, -0.05) is 6.92 Å². The summed E-state index contributed by atoms with van der Waals surface area (Å²) in [6.07, 6.45) is 1.87. The molecule has 0 amide bonds. The molecule has 2 rings (SSSR count). The van der Waals surface area contributed by atoms with Gasteiger partial charge in [0.25, 0.3) is 0 Å². The van der Waals surface area contributed by atoms with E-state index < -0.39 is 0 Å². The number of aliphatic hydroxyl groups excluding tert-OH is 1. The summed E-state index contributed by atoms with van der Waals surface area (Å²) in [6.45, 7) is 2.60. The molecule has 1 heterocycles. The molecule has 0 saturated carbocycles. The highest BCUT2D eigenvalue weighted by Gasteiger charge is 2.18. The number of aryl methyl sites for hydroxylation is 1. The van der Waals surface area contributed by atoms with Crippen molar-refractivity contribution in [3.63, 3.8) is 0 Å². The molecule has 1 aromatic carbocycles. The van der Waals surface area contributed by atoms with E-state index in [1.54, 1.807) is 7.11 Å². The Morgan fingerprint density at radius 1 is 1.47 bits per heavy atom.